The SMILES string of the molecule is CCC[C@H]1c2cc(OC)c(OC)cc2[C@@H](O)[C@H](CO)N1C. The topological polar surface area (TPSA) is 62.2 Å². The molecule has 0 fully saturated rings. The molecule has 1 aliphatic heterocycles. The number of aliphatic hydroxyl groups excluding tert-OH is 2. The van der Waals surface area contributed by atoms with Crippen molar-refractivity contribution in [3.05, 3.63) is 23.3 Å². The highest BCUT2D eigenvalue weighted by atomic mass is 16.5. The summed E-state index contributed by atoms with van der Waals surface area (Å²) in [4.78, 5) is 2.06. The summed E-state index contributed by atoms with van der Waals surface area (Å²) in [5.74, 6) is 1.27. The van der Waals surface area contributed by atoms with Gasteiger partial charge in [-0.05, 0) is 36.7 Å². The van der Waals surface area contributed by atoms with Crippen molar-refractivity contribution in [2.45, 2.75) is 38.0 Å². The van der Waals surface area contributed by atoms with Crippen molar-refractivity contribution in [3.63, 3.8) is 0 Å². The Balaban J connectivity index is 2.57. The molecule has 0 amide bonds. The molecule has 0 bridgehead atoms. The lowest BCUT2D eigenvalue weighted by Gasteiger charge is -2.43. The van der Waals surface area contributed by atoms with E-state index < -0.39 is 6.10 Å². The second kappa shape index (κ2) is 6.64. The van der Waals surface area contributed by atoms with Crippen LogP contribution in [-0.2, 0) is 0 Å². The van der Waals surface area contributed by atoms with Gasteiger partial charge in [0.15, 0.2) is 11.5 Å². The molecule has 0 radical (unpaired) electrons. The molecule has 5 nitrogen and oxygen atoms in total. The molecule has 21 heavy (non-hydrogen) atoms. The number of aliphatic hydroxyl groups is 2. The van der Waals surface area contributed by atoms with E-state index in [2.05, 4.69) is 11.8 Å². The predicted octanol–water partition coefficient (Wildman–Crippen LogP) is 1.88. The van der Waals surface area contributed by atoms with E-state index in [1.54, 1.807) is 14.2 Å². The molecule has 0 saturated carbocycles. The summed E-state index contributed by atoms with van der Waals surface area (Å²) in [7, 11) is 5.14. The first kappa shape index (κ1) is 16.1. The van der Waals surface area contributed by atoms with Crippen LogP contribution < -0.4 is 9.47 Å². The Hall–Kier alpha value is -1.30. The minimum atomic E-state index is -0.733. The van der Waals surface area contributed by atoms with Crippen LogP contribution in [-0.4, -0.2) is 49.0 Å². The molecule has 0 saturated heterocycles. The zero-order chi connectivity index (χ0) is 15.6. The summed E-state index contributed by atoms with van der Waals surface area (Å²) >= 11 is 0. The van der Waals surface area contributed by atoms with Crippen molar-refractivity contribution >= 4 is 0 Å². The Morgan fingerprint density at radius 1 is 1.14 bits per heavy atom. The number of hydrogen-bond donors (Lipinski definition) is 2. The van der Waals surface area contributed by atoms with Gasteiger partial charge in [-0.15, -0.1) is 0 Å². The van der Waals surface area contributed by atoms with Gasteiger partial charge < -0.3 is 19.7 Å². The number of fused-ring (bicyclic) bond motifs is 1. The third kappa shape index (κ3) is 2.73. The van der Waals surface area contributed by atoms with Crippen molar-refractivity contribution in [1.29, 1.82) is 0 Å². The van der Waals surface area contributed by atoms with E-state index >= 15 is 0 Å². The van der Waals surface area contributed by atoms with E-state index in [0.717, 1.165) is 24.0 Å². The zero-order valence-corrected chi connectivity index (χ0v) is 13.2. The smallest absolute Gasteiger partial charge is 0.161 e. The van der Waals surface area contributed by atoms with Gasteiger partial charge in [0.25, 0.3) is 0 Å². The van der Waals surface area contributed by atoms with Gasteiger partial charge in [0.2, 0.25) is 0 Å². The number of methoxy groups -OCH3 is 2. The fourth-order valence-electron chi connectivity index (χ4n) is 3.20. The van der Waals surface area contributed by atoms with Crippen molar-refractivity contribution < 1.29 is 19.7 Å². The van der Waals surface area contributed by atoms with Crippen molar-refractivity contribution in [1.82, 2.24) is 4.90 Å². The fourth-order valence-corrected chi connectivity index (χ4v) is 3.20. The van der Waals surface area contributed by atoms with Crippen LogP contribution in [0.3, 0.4) is 0 Å². The van der Waals surface area contributed by atoms with E-state index in [4.69, 9.17) is 9.47 Å². The van der Waals surface area contributed by atoms with Crippen LogP contribution in [0.15, 0.2) is 12.1 Å². The number of ether oxygens (including phenoxy) is 2. The largest absolute Gasteiger partial charge is 0.493 e. The lowest BCUT2D eigenvalue weighted by Crippen LogP contribution is -2.46. The Morgan fingerprint density at radius 3 is 2.19 bits per heavy atom. The fraction of sp³-hybridized carbons (Fsp3) is 0.625. The summed E-state index contributed by atoms with van der Waals surface area (Å²) < 4.78 is 10.7. The molecule has 5 heteroatoms. The molecule has 1 aromatic rings. The summed E-state index contributed by atoms with van der Waals surface area (Å²) in [6.07, 6.45) is 1.25. The molecular formula is C16H25NO4. The Labute approximate surface area is 126 Å². The molecular weight excluding hydrogens is 270 g/mol. The van der Waals surface area contributed by atoms with Crippen LogP contribution in [0.1, 0.15) is 43.0 Å². The lowest BCUT2D eigenvalue weighted by molar-refractivity contribution is -0.0109. The second-order valence-electron chi connectivity index (χ2n) is 5.50. The number of nitrogens with zero attached hydrogens (tertiary/aromatic N) is 1. The minimum Gasteiger partial charge on any atom is -0.493 e. The maximum Gasteiger partial charge on any atom is 0.161 e. The standard InChI is InChI=1S/C16H25NO4/c1-5-6-12-10-7-14(20-3)15(21-4)8-11(10)16(19)13(9-18)17(12)2/h7-8,12-13,16,18-19H,5-6,9H2,1-4H3/t12-,13-,16+/m0/s1. The first-order valence-electron chi connectivity index (χ1n) is 7.35. The maximum absolute atomic E-state index is 10.6. The highest BCUT2D eigenvalue weighted by Crippen LogP contribution is 2.44. The molecule has 0 unspecified atom stereocenters. The third-order valence-electron chi connectivity index (χ3n) is 4.40. The van der Waals surface area contributed by atoms with Gasteiger partial charge in [-0.1, -0.05) is 13.3 Å². The van der Waals surface area contributed by atoms with Crippen LogP contribution >= 0.6 is 0 Å². The van der Waals surface area contributed by atoms with Crippen LogP contribution in [0.5, 0.6) is 11.5 Å². The highest BCUT2D eigenvalue weighted by Gasteiger charge is 2.38. The summed E-state index contributed by atoms with van der Waals surface area (Å²) in [6.45, 7) is 2.05. The molecule has 0 aromatic heterocycles. The van der Waals surface area contributed by atoms with E-state index in [-0.39, 0.29) is 18.7 Å². The highest BCUT2D eigenvalue weighted by molar-refractivity contribution is 5.50. The molecule has 1 aliphatic rings. The van der Waals surface area contributed by atoms with E-state index in [1.807, 2.05) is 19.2 Å². The van der Waals surface area contributed by atoms with E-state index in [0.29, 0.717) is 11.5 Å². The zero-order valence-electron chi connectivity index (χ0n) is 13.2. The van der Waals surface area contributed by atoms with Crippen molar-refractivity contribution in [2.24, 2.45) is 0 Å². The quantitative estimate of drug-likeness (QED) is 0.868. The van der Waals surface area contributed by atoms with Gasteiger partial charge in [0, 0.05) is 6.04 Å². The summed E-state index contributed by atoms with van der Waals surface area (Å²) in [6, 6.07) is 3.64. The number of likely N-dealkylation sites (N-methyl/N-ethyl adjacent to an activating group) is 1. The molecule has 2 N–H and O–H groups in total. The summed E-state index contributed by atoms with van der Waals surface area (Å²) in [5.41, 5.74) is 1.87. The third-order valence-corrected chi connectivity index (χ3v) is 4.40. The summed E-state index contributed by atoms with van der Waals surface area (Å²) in [5, 5.41) is 20.2. The predicted molar refractivity (Wildman–Crippen MR) is 80.8 cm³/mol. The Kier molecular flexibility index (Phi) is 5.08. The van der Waals surface area contributed by atoms with Crippen molar-refractivity contribution in [3.8, 4) is 11.5 Å². The molecule has 2 rings (SSSR count). The molecule has 118 valence electrons. The van der Waals surface area contributed by atoms with E-state index in [9.17, 15) is 10.2 Å². The van der Waals surface area contributed by atoms with E-state index in [1.165, 1.54) is 0 Å². The van der Waals surface area contributed by atoms with Crippen LogP contribution in [0.25, 0.3) is 0 Å². The number of benzene rings is 1. The second-order valence-corrected chi connectivity index (χ2v) is 5.50. The Morgan fingerprint density at radius 2 is 1.71 bits per heavy atom. The molecule has 1 heterocycles. The van der Waals surface area contributed by atoms with Gasteiger partial charge >= 0.3 is 0 Å². The van der Waals surface area contributed by atoms with Gasteiger partial charge in [-0.3, -0.25) is 4.90 Å². The average Bonchev–Trinajstić information content (AvgIpc) is 2.50. The molecule has 1 aromatic carbocycles. The molecule has 3 atom stereocenters. The van der Waals surface area contributed by atoms with Gasteiger partial charge in [-0.25, -0.2) is 0 Å². The van der Waals surface area contributed by atoms with Crippen LogP contribution in [0.2, 0.25) is 0 Å². The van der Waals surface area contributed by atoms with Gasteiger partial charge in [0.1, 0.15) is 0 Å². The Bertz CT molecular complexity index is 491. The number of hydrogen-bond acceptors (Lipinski definition) is 5. The number of rotatable bonds is 5. The lowest BCUT2D eigenvalue weighted by atomic mass is 9.84. The molecule has 0 spiro atoms. The van der Waals surface area contributed by atoms with Crippen LogP contribution in [0, 0.1) is 0 Å². The monoisotopic (exact) mass is 295 g/mol. The molecule has 0 aliphatic carbocycles. The van der Waals surface area contributed by atoms with Gasteiger partial charge in [0.05, 0.1) is 33.0 Å². The van der Waals surface area contributed by atoms with Crippen molar-refractivity contribution in [2.75, 3.05) is 27.9 Å². The minimum absolute atomic E-state index is 0.0777. The first-order chi connectivity index (χ1) is 10.1. The average molecular weight is 295 g/mol. The normalized spacial score (nSPS) is 25.5. The van der Waals surface area contributed by atoms with Crippen LogP contribution in [0.4, 0.5) is 0 Å². The maximum atomic E-state index is 10.6. The first-order valence-corrected chi connectivity index (χ1v) is 7.35. The van der Waals surface area contributed by atoms with Gasteiger partial charge in [-0.2, -0.15) is 0 Å².